The van der Waals surface area contributed by atoms with Gasteiger partial charge in [0.2, 0.25) is 0 Å². The maximum atomic E-state index is 12.8. The molecule has 1 aliphatic heterocycles. The van der Waals surface area contributed by atoms with E-state index < -0.39 is 5.97 Å². The minimum atomic E-state index is -0.462. The lowest BCUT2D eigenvalue weighted by molar-refractivity contribution is -0.140. The molecule has 2 amide bonds. The summed E-state index contributed by atoms with van der Waals surface area (Å²) in [7, 11) is 1.32. The highest BCUT2D eigenvalue weighted by Crippen LogP contribution is 2.49. The van der Waals surface area contributed by atoms with Gasteiger partial charge in [0.05, 0.1) is 30.7 Å². The molecule has 4 aliphatic rings. The number of hydrogen-bond acceptors (Lipinski definition) is 6. The van der Waals surface area contributed by atoms with Gasteiger partial charge >= 0.3 is 5.97 Å². The van der Waals surface area contributed by atoms with E-state index in [0.717, 1.165) is 17.9 Å². The van der Waals surface area contributed by atoms with Crippen LogP contribution in [0, 0.1) is 23.7 Å². The molecule has 30 heavy (non-hydrogen) atoms. The van der Waals surface area contributed by atoms with Crippen molar-refractivity contribution < 1.29 is 23.5 Å². The predicted octanol–water partition coefficient (Wildman–Crippen LogP) is 3.26. The van der Waals surface area contributed by atoms with Gasteiger partial charge in [0.25, 0.3) is 11.8 Å². The number of amides is 2. The van der Waals surface area contributed by atoms with E-state index in [0.29, 0.717) is 22.6 Å². The summed E-state index contributed by atoms with van der Waals surface area (Å²) in [6, 6.07) is 10.3. The minimum absolute atomic E-state index is 0.127. The van der Waals surface area contributed by atoms with Gasteiger partial charge in [0.15, 0.2) is 0 Å². The number of esters is 1. The Hall–Kier alpha value is -3.48. The highest BCUT2D eigenvalue weighted by atomic mass is 16.5. The normalized spacial score (nSPS) is 27.2. The van der Waals surface area contributed by atoms with Crippen molar-refractivity contribution in [2.24, 2.45) is 28.8 Å². The first-order valence-corrected chi connectivity index (χ1v) is 9.96. The summed E-state index contributed by atoms with van der Waals surface area (Å²) in [5, 5.41) is 5.15. The number of hydrazone groups is 1. The van der Waals surface area contributed by atoms with Gasteiger partial charge in [-0.15, -0.1) is 0 Å². The summed E-state index contributed by atoms with van der Waals surface area (Å²) in [6.45, 7) is 0. The molecular formula is C23H20N2O5. The molecule has 0 N–H and O–H groups in total. The van der Waals surface area contributed by atoms with E-state index in [2.05, 4.69) is 17.3 Å². The SMILES string of the molecule is COC(=O)c1ccccc1-c1ccc(/C=N\N2C(=O)[C@H]3[C@H](C2=O)[C@H]2C=C[C@H]3CC2)o1. The lowest BCUT2D eigenvalue weighted by Crippen LogP contribution is -2.38. The molecular weight excluding hydrogens is 384 g/mol. The van der Waals surface area contributed by atoms with E-state index >= 15 is 0 Å². The second-order valence-electron chi connectivity index (χ2n) is 7.81. The molecule has 1 aromatic heterocycles. The van der Waals surface area contributed by atoms with Crippen molar-refractivity contribution in [2.45, 2.75) is 12.8 Å². The van der Waals surface area contributed by atoms with Crippen LogP contribution in [0.1, 0.15) is 29.0 Å². The number of fused-ring (bicyclic) bond motifs is 1. The average Bonchev–Trinajstić information content (AvgIpc) is 3.37. The molecule has 2 aromatic rings. The zero-order chi connectivity index (χ0) is 20.8. The van der Waals surface area contributed by atoms with Gasteiger partial charge in [-0.2, -0.15) is 10.1 Å². The van der Waals surface area contributed by atoms with E-state index in [1.807, 2.05) is 0 Å². The van der Waals surface area contributed by atoms with Crippen LogP contribution in [0.2, 0.25) is 0 Å². The molecule has 0 spiro atoms. The second-order valence-corrected chi connectivity index (χ2v) is 7.81. The first kappa shape index (κ1) is 18.5. The number of benzene rings is 1. The number of hydrogen-bond donors (Lipinski definition) is 0. The smallest absolute Gasteiger partial charge is 0.338 e. The van der Waals surface area contributed by atoms with Crippen molar-refractivity contribution >= 4 is 24.0 Å². The Morgan fingerprint density at radius 3 is 2.37 bits per heavy atom. The third-order valence-electron chi connectivity index (χ3n) is 6.26. The molecule has 2 fully saturated rings. The van der Waals surface area contributed by atoms with Crippen LogP contribution in [0.25, 0.3) is 11.3 Å². The summed E-state index contributed by atoms with van der Waals surface area (Å²) >= 11 is 0. The van der Waals surface area contributed by atoms with Crippen LogP contribution in [0.5, 0.6) is 0 Å². The van der Waals surface area contributed by atoms with Crippen molar-refractivity contribution in [3.63, 3.8) is 0 Å². The van der Waals surface area contributed by atoms with Crippen molar-refractivity contribution in [1.82, 2.24) is 5.01 Å². The van der Waals surface area contributed by atoms with Crippen LogP contribution in [-0.4, -0.2) is 36.1 Å². The van der Waals surface area contributed by atoms with Crippen molar-refractivity contribution in [3.8, 4) is 11.3 Å². The molecule has 7 nitrogen and oxygen atoms in total. The molecule has 6 rings (SSSR count). The van der Waals surface area contributed by atoms with Crippen LogP contribution >= 0.6 is 0 Å². The number of ether oxygens (including phenoxy) is 1. The van der Waals surface area contributed by atoms with Crippen LogP contribution in [0.15, 0.2) is 58.1 Å². The second kappa shape index (κ2) is 7.09. The predicted molar refractivity (Wildman–Crippen MR) is 107 cm³/mol. The lowest BCUT2D eigenvalue weighted by atomic mass is 9.63. The maximum absolute atomic E-state index is 12.8. The molecule has 152 valence electrons. The molecule has 1 saturated carbocycles. The van der Waals surface area contributed by atoms with Gasteiger partial charge in [0.1, 0.15) is 11.5 Å². The van der Waals surface area contributed by atoms with Crippen LogP contribution in [0.3, 0.4) is 0 Å². The fourth-order valence-corrected chi connectivity index (χ4v) is 4.84. The van der Waals surface area contributed by atoms with E-state index in [1.54, 1.807) is 36.4 Å². The highest BCUT2D eigenvalue weighted by molar-refractivity contribution is 6.06. The molecule has 1 saturated heterocycles. The number of carbonyl (C=O) groups is 3. The van der Waals surface area contributed by atoms with Gasteiger partial charge in [-0.05, 0) is 42.9 Å². The summed E-state index contributed by atoms with van der Waals surface area (Å²) < 4.78 is 10.6. The Morgan fingerprint density at radius 1 is 1.07 bits per heavy atom. The molecule has 2 bridgehead atoms. The van der Waals surface area contributed by atoms with E-state index in [9.17, 15) is 14.4 Å². The van der Waals surface area contributed by atoms with Gasteiger partial charge in [-0.3, -0.25) is 9.59 Å². The number of rotatable bonds is 4. The van der Waals surface area contributed by atoms with Crippen LogP contribution in [-0.2, 0) is 14.3 Å². The fraction of sp³-hybridized carbons (Fsp3) is 0.304. The molecule has 0 unspecified atom stereocenters. The molecule has 7 heteroatoms. The number of nitrogens with zero attached hydrogens (tertiary/aromatic N) is 2. The number of methoxy groups -OCH3 is 1. The van der Waals surface area contributed by atoms with Crippen molar-refractivity contribution in [2.75, 3.05) is 7.11 Å². The lowest BCUT2D eigenvalue weighted by Gasteiger charge is -2.37. The average molecular weight is 404 g/mol. The van der Waals surface area contributed by atoms with Gasteiger partial charge in [-0.1, -0.05) is 30.4 Å². The zero-order valence-corrected chi connectivity index (χ0v) is 16.4. The van der Waals surface area contributed by atoms with Crippen molar-refractivity contribution in [3.05, 3.63) is 59.9 Å². The largest absolute Gasteiger partial charge is 0.465 e. The van der Waals surface area contributed by atoms with E-state index in [1.165, 1.54) is 13.3 Å². The molecule has 4 atom stereocenters. The zero-order valence-electron chi connectivity index (χ0n) is 16.4. The monoisotopic (exact) mass is 404 g/mol. The summed E-state index contributed by atoms with van der Waals surface area (Å²) in [6.07, 6.45) is 7.41. The Bertz CT molecular complexity index is 1070. The topological polar surface area (TPSA) is 89.2 Å². The van der Waals surface area contributed by atoms with E-state index in [4.69, 9.17) is 9.15 Å². The summed E-state index contributed by atoms with van der Waals surface area (Å²) in [5.74, 6) is -0.422. The Labute approximate surface area is 173 Å². The quantitative estimate of drug-likeness (QED) is 0.338. The Balaban J connectivity index is 1.38. The van der Waals surface area contributed by atoms with Gasteiger partial charge in [0, 0.05) is 5.56 Å². The minimum Gasteiger partial charge on any atom is -0.465 e. The first-order chi connectivity index (χ1) is 14.6. The third-order valence-corrected chi connectivity index (χ3v) is 6.26. The van der Waals surface area contributed by atoms with Gasteiger partial charge < -0.3 is 9.15 Å². The summed E-state index contributed by atoms with van der Waals surface area (Å²) in [4.78, 5) is 37.6. The number of carbonyl (C=O) groups excluding carboxylic acids is 3. The summed E-state index contributed by atoms with van der Waals surface area (Å²) in [5.41, 5.74) is 0.973. The molecule has 0 radical (unpaired) electrons. The fourth-order valence-electron chi connectivity index (χ4n) is 4.84. The Kier molecular flexibility index (Phi) is 4.38. The number of allylic oxidation sites excluding steroid dienone is 2. The maximum Gasteiger partial charge on any atom is 0.338 e. The Morgan fingerprint density at radius 2 is 1.73 bits per heavy atom. The number of imide groups is 1. The first-order valence-electron chi connectivity index (χ1n) is 9.96. The molecule has 2 heterocycles. The van der Waals surface area contributed by atoms with Crippen molar-refractivity contribution in [1.29, 1.82) is 0 Å². The molecule has 3 aliphatic carbocycles. The molecule has 1 aromatic carbocycles. The standard InChI is InChI=1S/C23H20N2O5/c1-29-23(28)17-5-3-2-4-16(17)18-11-10-15(30-18)12-24-25-21(26)19-13-6-7-14(9-8-13)20(19)22(25)27/h2-7,10-14,19-20H,8-9H2,1H3/b24-12-/t13-,14-,19+,20+/m0/s1. The third kappa shape index (κ3) is 2.81. The van der Waals surface area contributed by atoms with Crippen LogP contribution < -0.4 is 0 Å². The van der Waals surface area contributed by atoms with Crippen LogP contribution in [0.4, 0.5) is 0 Å². The van der Waals surface area contributed by atoms with Gasteiger partial charge in [-0.25, -0.2) is 4.79 Å². The number of furan rings is 1. The van der Waals surface area contributed by atoms with E-state index in [-0.39, 0.29) is 35.5 Å². The highest BCUT2D eigenvalue weighted by Gasteiger charge is 2.56.